The summed E-state index contributed by atoms with van der Waals surface area (Å²) < 4.78 is 10.8. The highest BCUT2D eigenvalue weighted by Crippen LogP contribution is 2.25. The van der Waals surface area contributed by atoms with E-state index in [2.05, 4.69) is 10.6 Å². The second kappa shape index (κ2) is 8.57. The number of anilines is 1. The third kappa shape index (κ3) is 4.49. The summed E-state index contributed by atoms with van der Waals surface area (Å²) in [6.07, 6.45) is 0.153. The first-order valence-electron chi connectivity index (χ1n) is 7.52. The number of carbonyl (C=O) groups is 2. The predicted molar refractivity (Wildman–Crippen MR) is 91.6 cm³/mol. The maximum Gasteiger partial charge on any atom is 0.253 e. The van der Waals surface area contributed by atoms with Gasteiger partial charge < -0.3 is 20.1 Å². The molecule has 2 aromatic carbocycles. The van der Waals surface area contributed by atoms with Crippen molar-refractivity contribution in [1.82, 2.24) is 5.32 Å². The van der Waals surface area contributed by atoms with Gasteiger partial charge in [0.1, 0.15) is 0 Å². The normalized spacial score (nSPS) is 9.92. The van der Waals surface area contributed by atoms with Gasteiger partial charge in [-0.15, -0.1) is 0 Å². The van der Waals surface area contributed by atoms with Crippen LogP contribution in [0.15, 0.2) is 48.5 Å². The minimum Gasteiger partial charge on any atom is -0.493 e. The smallest absolute Gasteiger partial charge is 0.253 e. The summed E-state index contributed by atoms with van der Waals surface area (Å²) in [5.41, 5.74) is 0.887. The van der Waals surface area contributed by atoms with Crippen molar-refractivity contribution in [2.75, 3.05) is 26.1 Å². The van der Waals surface area contributed by atoms with Crippen LogP contribution in [0, 0.1) is 0 Å². The van der Waals surface area contributed by atoms with Crippen molar-refractivity contribution in [3.63, 3.8) is 0 Å². The molecule has 0 aliphatic carbocycles. The molecular formula is C18H20N2O4. The fourth-order valence-corrected chi connectivity index (χ4v) is 2.13. The van der Waals surface area contributed by atoms with Crippen LogP contribution < -0.4 is 20.1 Å². The molecule has 6 heteroatoms. The van der Waals surface area contributed by atoms with Crippen LogP contribution in [0.2, 0.25) is 0 Å². The third-order valence-corrected chi connectivity index (χ3v) is 3.33. The molecular weight excluding hydrogens is 308 g/mol. The number of ether oxygens (including phenoxy) is 2. The Morgan fingerprint density at radius 2 is 1.67 bits per heavy atom. The molecule has 0 aliphatic heterocycles. The van der Waals surface area contributed by atoms with Crippen molar-refractivity contribution >= 4 is 17.5 Å². The van der Waals surface area contributed by atoms with Gasteiger partial charge in [-0.3, -0.25) is 9.59 Å². The van der Waals surface area contributed by atoms with E-state index < -0.39 is 0 Å². The highest BCUT2D eigenvalue weighted by molar-refractivity contribution is 6.03. The zero-order valence-electron chi connectivity index (χ0n) is 13.7. The maximum absolute atomic E-state index is 12.1. The molecule has 6 nitrogen and oxygen atoms in total. The van der Waals surface area contributed by atoms with Gasteiger partial charge in [-0.05, 0) is 24.3 Å². The molecule has 0 aliphatic rings. The van der Waals surface area contributed by atoms with Gasteiger partial charge in [-0.1, -0.05) is 24.3 Å². The van der Waals surface area contributed by atoms with Crippen molar-refractivity contribution < 1.29 is 19.1 Å². The number of carbonyl (C=O) groups excluding carboxylic acids is 2. The standard InChI is InChI=1S/C18H20N2O4/c1-19-18(22)13-7-3-4-8-14(13)20-17(21)11-12-24-16-10-6-5-9-15(16)23-2/h3-10H,11-12H2,1-2H3,(H,19,22)(H,20,21). The van der Waals surface area contributed by atoms with Crippen LogP contribution in [0.25, 0.3) is 0 Å². The molecule has 2 rings (SSSR count). The lowest BCUT2D eigenvalue weighted by atomic mass is 10.1. The van der Waals surface area contributed by atoms with Gasteiger partial charge in [0, 0.05) is 7.05 Å². The van der Waals surface area contributed by atoms with E-state index in [1.807, 2.05) is 12.1 Å². The van der Waals surface area contributed by atoms with E-state index in [-0.39, 0.29) is 24.8 Å². The monoisotopic (exact) mass is 328 g/mol. The summed E-state index contributed by atoms with van der Waals surface area (Å²) >= 11 is 0. The van der Waals surface area contributed by atoms with Crippen molar-refractivity contribution in [1.29, 1.82) is 0 Å². The van der Waals surface area contributed by atoms with Crippen molar-refractivity contribution in [2.45, 2.75) is 6.42 Å². The van der Waals surface area contributed by atoms with Crippen LogP contribution in [0.5, 0.6) is 11.5 Å². The quantitative estimate of drug-likeness (QED) is 0.818. The average Bonchev–Trinajstić information content (AvgIpc) is 2.62. The fourth-order valence-electron chi connectivity index (χ4n) is 2.13. The van der Waals surface area contributed by atoms with Crippen molar-refractivity contribution in [2.24, 2.45) is 0 Å². The zero-order chi connectivity index (χ0) is 17.4. The summed E-state index contributed by atoms with van der Waals surface area (Å²) in [4.78, 5) is 23.9. The molecule has 0 bridgehead atoms. The van der Waals surface area contributed by atoms with E-state index in [4.69, 9.17) is 9.47 Å². The summed E-state index contributed by atoms with van der Waals surface area (Å²) in [6, 6.07) is 14.1. The van der Waals surface area contributed by atoms with Crippen LogP contribution in [0.3, 0.4) is 0 Å². The summed E-state index contributed by atoms with van der Waals surface area (Å²) in [6.45, 7) is 0.203. The molecule has 24 heavy (non-hydrogen) atoms. The van der Waals surface area contributed by atoms with Gasteiger partial charge in [0.2, 0.25) is 5.91 Å². The Morgan fingerprint density at radius 1 is 1.00 bits per heavy atom. The third-order valence-electron chi connectivity index (χ3n) is 3.33. The van der Waals surface area contributed by atoms with Gasteiger partial charge in [0.05, 0.1) is 31.4 Å². The molecule has 2 amide bonds. The van der Waals surface area contributed by atoms with E-state index >= 15 is 0 Å². The topological polar surface area (TPSA) is 76.7 Å². The lowest BCUT2D eigenvalue weighted by Gasteiger charge is -2.12. The first kappa shape index (κ1) is 17.3. The number of hydrogen-bond donors (Lipinski definition) is 2. The Hall–Kier alpha value is -3.02. The van der Waals surface area contributed by atoms with Gasteiger partial charge in [0.25, 0.3) is 5.91 Å². The van der Waals surface area contributed by atoms with Gasteiger partial charge in [-0.25, -0.2) is 0 Å². The molecule has 2 N–H and O–H groups in total. The maximum atomic E-state index is 12.1. The molecule has 0 saturated heterocycles. The molecule has 2 aromatic rings. The molecule has 126 valence electrons. The first-order valence-corrected chi connectivity index (χ1v) is 7.52. The Kier molecular flexibility index (Phi) is 6.19. The first-order chi connectivity index (χ1) is 11.7. The number of nitrogens with one attached hydrogen (secondary N) is 2. The van der Waals surface area contributed by atoms with Crippen LogP contribution in [0.4, 0.5) is 5.69 Å². The highest BCUT2D eigenvalue weighted by atomic mass is 16.5. The SMILES string of the molecule is CNC(=O)c1ccccc1NC(=O)CCOc1ccccc1OC. The molecule has 0 spiro atoms. The zero-order valence-corrected chi connectivity index (χ0v) is 13.7. The number of amides is 2. The highest BCUT2D eigenvalue weighted by Gasteiger charge is 2.12. The van der Waals surface area contributed by atoms with Gasteiger partial charge >= 0.3 is 0 Å². The van der Waals surface area contributed by atoms with Crippen LogP contribution in [-0.4, -0.2) is 32.6 Å². The van der Waals surface area contributed by atoms with E-state index in [1.165, 1.54) is 0 Å². The Balaban J connectivity index is 1.91. The van der Waals surface area contributed by atoms with Crippen molar-refractivity contribution in [3.8, 4) is 11.5 Å². The van der Waals surface area contributed by atoms with Gasteiger partial charge in [0.15, 0.2) is 11.5 Å². The predicted octanol–water partition coefficient (Wildman–Crippen LogP) is 2.46. The van der Waals surface area contributed by atoms with E-state index in [9.17, 15) is 9.59 Å². The molecule has 0 atom stereocenters. The molecule has 0 unspecified atom stereocenters. The number of methoxy groups -OCH3 is 1. The van der Waals surface area contributed by atoms with Crippen molar-refractivity contribution in [3.05, 3.63) is 54.1 Å². The molecule has 0 fully saturated rings. The lowest BCUT2D eigenvalue weighted by Crippen LogP contribution is -2.22. The summed E-state index contributed by atoms with van der Waals surface area (Å²) in [5, 5.41) is 5.27. The second-order valence-corrected chi connectivity index (χ2v) is 4.92. The van der Waals surface area contributed by atoms with E-state index in [0.29, 0.717) is 22.7 Å². The average molecular weight is 328 g/mol. The summed E-state index contributed by atoms with van der Waals surface area (Å²) in [5.74, 6) is 0.707. The van der Waals surface area contributed by atoms with Gasteiger partial charge in [-0.2, -0.15) is 0 Å². The van der Waals surface area contributed by atoms with Crippen LogP contribution in [-0.2, 0) is 4.79 Å². The largest absolute Gasteiger partial charge is 0.493 e. The number of rotatable bonds is 7. The van der Waals surface area contributed by atoms with E-state index in [0.717, 1.165) is 0 Å². The number of para-hydroxylation sites is 3. The fraction of sp³-hybridized carbons (Fsp3) is 0.222. The Labute approximate surface area is 140 Å². The van der Waals surface area contributed by atoms with E-state index in [1.54, 1.807) is 50.6 Å². The van der Waals surface area contributed by atoms with Crippen LogP contribution in [0.1, 0.15) is 16.8 Å². The number of hydrogen-bond acceptors (Lipinski definition) is 4. The molecule has 0 radical (unpaired) electrons. The minimum absolute atomic E-state index is 0.153. The lowest BCUT2D eigenvalue weighted by molar-refractivity contribution is -0.116. The second-order valence-electron chi connectivity index (χ2n) is 4.92. The molecule has 0 aromatic heterocycles. The minimum atomic E-state index is -0.254. The van der Waals surface area contributed by atoms with Crippen LogP contribution >= 0.6 is 0 Å². The Morgan fingerprint density at radius 3 is 2.38 bits per heavy atom. The number of benzene rings is 2. The molecule has 0 saturated carbocycles. The summed E-state index contributed by atoms with van der Waals surface area (Å²) in [7, 11) is 3.10. The Bertz CT molecular complexity index is 716. The molecule has 0 heterocycles.